The number of aldehydes is 1. The van der Waals surface area contributed by atoms with Gasteiger partial charge >= 0.3 is 0 Å². The number of H-pyrrole nitrogens is 1. The Labute approximate surface area is 195 Å². The first-order valence-electron chi connectivity index (χ1n) is 11.7. The van der Waals surface area contributed by atoms with Crippen molar-refractivity contribution in [3.05, 3.63) is 76.0 Å². The molecule has 2 saturated carbocycles. The van der Waals surface area contributed by atoms with Gasteiger partial charge in [0.1, 0.15) is 6.29 Å². The van der Waals surface area contributed by atoms with Crippen molar-refractivity contribution in [1.82, 2.24) is 25.1 Å². The van der Waals surface area contributed by atoms with Gasteiger partial charge in [0.2, 0.25) is 0 Å². The molecule has 1 aromatic carbocycles. The van der Waals surface area contributed by atoms with Crippen LogP contribution in [0.3, 0.4) is 0 Å². The number of nitrogens with one attached hydrogen (secondary N) is 2. The fourth-order valence-corrected chi connectivity index (χ4v) is 5.89. The molecule has 8 nitrogen and oxygen atoms in total. The quantitative estimate of drug-likeness (QED) is 0.434. The molecule has 34 heavy (non-hydrogen) atoms. The van der Waals surface area contributed by atoms with E-state index < -0.39 is 0 Å². The Morgan fingerprint density at radius 2 is 1.94 bits per heavy atom. The number of aromatic nitrogens is 4. The number of carbonyl (C=O) groups is 2. The number of carbonyl (C=O) groups excluding carboxylic acids is 2. The van der Waals surface area contributed by atoms with Crippen LogP contribution < -0.4 is 10.9 Å². The normalized spacial score (nSPS) is 23.5. The van der Waals surface area contributed by atoms with Gasteiger partial charge in [0.25, 0.3) is 11.5 Å². The maximum atomic E-state index is 12.9. The molecule has 4 aromatic rings. The largest absolute Gasteiger partial charge is 0.349 e. The van der Waals surface area contributed by atoms with E-state index in [1.54, 1.807) is 10.7 Å². The van der Waals surface area contributed by atoms with E-state index in [4.69, 9.17) is 0 Å². The smallest absolute Gasteiger partial charge is 0.272 e. The minimum atomic E-state index is -0.148. The molecule has 0 bridgehead atoms. The molecule has 2 N–H and O–H groups in total. The van der Waals surface area contributed by atoms with Crippen LogP contribution in [0.25, 0.3) is 16.3 Å². The number of hydrogen-bond acceptors (Lipinski definition) is 5. The molecule has 0 aliphatic heterocycles. The first-order valence-corrected chi connectivity index (χ1v) is 11.7. The number of aryl methyl sites for hydroxylation is 1. The molecule has 2 aliphatic carbocycles. The molecule has 172 valence electrons. The first-order chi connectivity index (χ1) is 16.5. The fraction of sp³-hybridized carbons (Fsp3) is 0.346. The molecule has 1 amide bonds. The summed E-state index contributed by atoms with van der Waals surface area (Å²) in [6.07, 6.45) is 9.50. The van der Waals surface area contributed by atoms with Gasteiger partial charge < -0.3 is 10.1 Å². The van der Waals surface area contributed by atoms with E-state index in [9.17, 15) is 14.4 Å². The number of nitrogens with zero attached hydrogens (tertiary/aromatic N) is 3. The van der Waals surface area contributed by atoms with Gasteiger partial charge in [-0.3, -0.25) is 9.59 Å². The predicted octanol–water partition coefficient (Wildman–Crippen LogP) is 3.16. The highest BCUT2D eigenvalue weighted by molar-refractivity contribution is 6.00. The molecular weight excluding hydrogens is 430 g/mol. The van der Waals surface area contributed by atoms with Gasteiger partial charge in [-0.15, -0.1) is 0 Å². The minimum Gasteiger partial charge on any atom is -0.349 e. The average Bonchev–Trinajstić information content (AvgIpc) is 3.23. The number of amides is 1. The van der Waals surface area contributed by atoms with Gasteiger partial charge in [0, 0.05) is 30.0 Å². The average molecular weight is 456 g/mol. The standard InChI is InChI=1S/C26H25N5O3/c32-9-3-4-16-7-8-22-21(14-27-31(22)15-16)24(33)28-18-12-26(13-18)10-17(11-26)23-19-5-1-2-6-20(19)25(34)30-29-23/h1-2,5-9,14-15,17-18H,3-4,10-13H2,(H,28,33)(H,30,34). The second kappa shape index (κ2) is 7.90. The molecular formula is C26H25N5O3. The summed E-state index contributed by atoms with van der Waals surface area (Å²) in [6, 6.07) is 11.6. The summed E-state index contributed by atoms with van der Waals surface area (Å²) in [5.74, 6) is 0.242. The van der Waals surface area contributed by atoms with Crippen LogP contribution >= 0.6 is 0 Å². The topological polar surface area (TPSA) is 109 Å². The number of hydrogen-bond donors (Lipinski definition) is 2. The van der Waals surface area contributed by atoms with Crippen molar-refractivity contribution in [3.8, 4) is 0 Å². The van der Waals surface area contributed by atoms with Crippen LogP contribution in [0.15, 0.2) is 53.6 Å². The highest BCUT2D eigenvalue weighted by atomic mass is 16.2. The summed E-state index contributed by atoms with van der Waals surface area (Å²) in [5, 5.41) is 16.2. The van der Waals surface area contributed by atoms with Crippen LogP contribution in [0.1, 0.15) is 59.6 Å². The van der Waals surface area contributed by atoms with Gasteiger partial charge in [-0.2, -0.15) is 10.2 Å². The second-order valence-corrected chi connectivity index (χ2v) is 9.80. The third-order valence-electron chi connectivity index (χ3n) is 7.54. The third kappa shape index (κ3) is 3.41. The summed E-state index contributed by atoms with van der Waals surface area (Å²) in [5.41, 5.74) is 3.44. The summed E-state index contributed by atoms with van der Waals surface area (Å²) < 4.78 is 1.70. The van der Waals surface area contributed by atoms with E-state index in [0.29, 0.717) is 29.7 Å². The van der Waals surface area contributed by atoms with Gasteiger partial charge in [0.15, 0.2) is 0 Å². The van der Waals surface area contributed by atoms with Gasteiger partial charge in [0.05, 0.1) is 28.4 Å². The van der Waals surface area contributed by atoms with Crippen molar-refractivity contribution >= 4 is 28.5 Å². The molecule has 8 heteroatoms. The Bertz CT molecular complexity index is 1470. The van der Waals surface area contributed by atoms with Crippen LogP contribution in [0.4, 0.5) is 0 Å². The number of aromatic amines is 1. The lowest BCUT2D eigenvalue weighted by Gasteiger charge is -2.57. The van der Waals surface area contributed by atoms with Gasteiger partial charge in [-0.1, -0.05) is 24.3 Å². The molecule has 0 atom stereocenters. The van der Waals surface area contributed by atoms with Crippen molar-refractivity contribution < 1.29 is 9.59 Å². The maximum absolute atomic E-state index is 12.9. The monoisotopic (exact) mass is 455 g/mol. The van der Waals surface area contributed by atoms with E-state index in [-0.39, 0.29) is 22.9 Å². The second-order valence-electron chi connectivity index (χ2n) is 9.80. The van der Waals surface area contributed by atoms with Crippen molar-refractivity contribution in [2.45, 2.75) is 50.5 Å². The molecule has 2 aliphatic rings. The molecule has 2 fully saturated rings. The maximum Gasteiger partial charge on any atom is 0.272 e. The zero-order valence-corrected chi connectivity index (χ0v) is 18.7. The Balaban J connectivity index is 1.09. The molecule has 3 heterocycles. The summed E-state index contributed by atoms with van der Waals surface area (Å²) in [6.45, 7) is 0. The third-order valence-corrected chi connectivity index (χ3v) is 7.54. The number of rotatable bonds is 6. The highest BCUT2D eigenvalue weighted by Crippen LogP contribution is 2.62. The van der Waals surface area contributed by atoms with Gasteiger partial charge in [-0.25, -0.2) is 9.61 Å². The van der Waals surface area contributed by atoms with Crippen LogP contribution in [0, 0.1) is 5.41 Å². The number of pyridine rings is 1. The zero-order valence-electron chi connectivity index (χ0n) is 18.7. The van der Waals surface area contributed by atoms with Crippen LogP contribution in [0.2, 0.25) is 0 Å². The van der Waals surface area contributed by atoms with Crippen molar-refractivity contribution in [2.75, 3.05) is 0 Å². The summed E-state index contributed by atoms with van der Waals surface area (Å²) >= 11 is 0. The molecule has 1 spiro atoms. The minimum absolute atomic E-state index is 0.0975. The van der Waals surface area contributed by atoms with E-state index in [1.165, 1.54) is 0 Å². The predicted molar refractivity (Wildman–Crippen MR) is 127 cm³/mol. The zero-order chi connectivity index (χ0) is 23.3. The Morgan fingerprint density at radius 3 is 2.74 bits per heavy atom. The lowest BCUT2D eigenvalue weighted by atomic mass is 9.49. The molecule has 6 rings (SSSR count). The Kier molecular flexibility index (Phi) is 4.83. The van der Waals surface area contributed by atoms with E-state index in [1.807, 2.05) is 42.6 Å². The molecule has 0 saturated heterocycles. The summed E-state index contributed by atoms with van der Waals surface area (Å²) in [4.78, 5) is 35.6. The van der Waals surface area contributed by atoms with Crippen LogP contribution in [-0.4, -0.2) is 38.0 Å². The molecule has 0 radical (unpaired) electrons. The fourth-order valence-electron chi connectivity index (χ4n) is 5.89. The Morgan fingerprint density at radius 1 is 1.15 bits per heavy atom. The Hall–Kier alpha value is -3.81. The van der Waals surface area contributed by atoms with Crippen molar-refractivity contribution in [1.29, 1.82) is 0 Å². The molecule has 3 aromatic heterocycles. The lowest BCUT2D eigenvalue weighted by Crippen LogP contribution is -2.55. The number of benzene rings is 1. The van der Waals surface area contributed by atoms with Crippen molar-refractivity contribution in [3.63, 3.8) is 0 Å². The number of fused-ring (bicyclic) bond motifs is 2. The summed E-state index contributed by atoms with van der Waals surface area (Å²) in [7, 11) is 0. The van der Waals surface area contributed by atoms with E-state index in [2.05, 4.69) is 20.6 Å². The SMILES string of the molecule is O=CCCc1ccc2c(C(=O)NC3CC4(C3)CC(c3n[nH]c(=O)c5ccccc35)C4)cnn2c1. The highest BCUT2D eigenvalue weighted by Gasteiger charge is 2.54. The van der Waals surface area contributed by atoms with Gasteiger partial charge in [-0.05, 0) is 55.2 Å². The van der Waals surface area contributed by atoms with Crippen LogP contribution in [-0.2, 0) is 11.2 Å². The van der Waals surface area contributed by atoms with Crippen molar-refractivity contribution in [2.24, 2.45) is 5.41 Å². The van der Waals surface area contributed by atoms with E-state index in [0.717, 1.165) is 54.1 Å². The first kappa shape index (κ1) is 20.8. The van der Waals surface area contributed by atoms with E-state index >= 15 is 0 Å². The lowest BCUT2D eigenvalue weighted by molar-refractivity contribution is -0.107. The molecule has 0 unspecified atom stereocenters. The van der Waals surface area contributed by atoms with Crippen LogP contribution in [0.5, 0.6) is 0 Å².